The van der Waals surface area contributed by atoms with Gasteiger partial charge in [-0.05, 0) is 126 Å². The van der Waals surface area contributed by atoms with Crippen LogP contribution in [0.1, 0.15) is 104 Å². The van der Waals surface area contributed by atoms with Crippen molar-refractivity contribution in [2.45, 2.75) is 99.7 Å². The average molecular weight is 784 g/mol. The number of nitrogen functional groups attached to an aromatic ring is 1. The van der Waals surface area contributed by atoms with E-state index in [4.69, 9.17) is 11.1 Å². The zero-order chi connectivity index (χ0) is 27.5. The number of benzene rings is 2. The quantitative estimate of drug-likeness (QED) is 0.118. The first-order valence-corrected chi connectivity index (χ1v) is 17.1. The summed E-state index contributed by atoms with van der Waals surface area (Å²) >= 11 is 4.96. The molecule has 1 heterocycles. The molecule has 4 aliphatic carbocycles. The predicted octanol–water partition coefficient (Wildman–Crippen LogP) is 9.76. The molecular weight excluding hydrogens is 740 g/mol. The van der Waals surface area contributed by atoms with Crippen molar-refractivity contribution in [1.29, 1.82) is 5.41 Å². The van der Waals surface area contributed by atoms with Crippen molar-refractivity contribution in [2.24, 2.45) is 5.73 Å². The highest BCUT2D eigenvalue weighted by Crippen LogP contribution is 2.38. The normalized spacial score (nSPS) is 17.1. The Kier molecular flexibility index (Phi) is 14.7. The standard InChI is InChI=1S/C14H18.C8H7I.C6H11I.C6H7N3.ClH/c1-2-5-11(6-3-1)13-8-4-7-12-9-10-14(12)13;9-8-3-1-2-6-4-5-7(6)8;7-6-4-2-1-3-5-6;7-6(8)5-3-1-2-4-9-5;/h4,7-8,11H,1-3,5-6,9-10H2;1-3H,4-5H2;6H,1-5H2;1-4H,(H3,7,8);1H. The summed E-state index contributed by atoms with van der Waals surface area (Å²) in [4.78, 5) is 3.83. The van der Waals surface area contributed by atoms with Crippen molar-refractivity contribution in [3.05, 3.63) is 97.9 Å². The van der Waals surface area contributed by atoms with Crippen LogP contribution in [-0.4, -0.2) is 14.7 Å². The molecule has 216 valence electrons. The van der Waals surface area contributed by atoms with Crippen LogP contribution in [0, 0.1) is 8.98 Å². The first-order valence-electron chi connectivity index (χ1n) is 14.8. The van der Waals surface area contributed by atoms with Crippen molar-refractivity contribution in [3.8, 4) is 0 Å². The Morgan fingerprint density at radius 2 is 1.32 bits per heavy atom. The summed E-state index contributed by atoms with van der Waals surface area (Å²) in [5.74, 6) is 0.912. The van der Waals surface area contributed by atoms with Gasteiger partial charge in [-0.25, -0.2) is 0 Å². The Balaban J connectivity index is 0.000000151. The number of alkyl halides is 1. The highest BCUT2D eigenvalue weighted by atomic mass is 127. The lowest BCUT2D eigenvalue weighted by molar-refractivity contribution is 0.439. The molecule has 0 unspecified atom stereocenters. The van der Waals surface area contributed by atoms with E-state index < -0.39 is 0 Å². The van der Waals surface area contributed by atoms with Crippen LogP contribution in [0.15, 0.2) is 60.8 Å². The number of pyridine rings is 1. The molecule has 2 saturated carbocycles. The Hall–Kier alpha value is -1.19. The number of amidine groups is 1. The van der Waals surface area contributed by atoms with Crippen LogP contribution in [0.25, 0.3) is 0 Å². The van der Waals surface area contributed by atoms with Gasteiger partial charge in [0.05, 0.1) is 0 Å². The molecule has 0 saturated heterocycles. The Bertz CT molecular complexity index is 1170. The fourth-order valence-electron chi connectivity index (χ4n) is 5.85. The maximum atomic E-state index is 6.95. The van der Waals surface area contributed by atoms with E-state index in [1.807, 2.05) is 0 Å². The van der Waals surface area contributed by atoms with Gasteiger partial charge in [-0.2, -0.15) is 0 Å². The van der Waals surface area contributed by atoms with E-state index in [1.54, 1.807) is 52.2 Å². The lowest BCUT2D eigenvalue weighted by Gasteiger charge is -2.29. The van der Waals surface area contributed by atoms with Crippen LogP contribution >= 0.6 is 57.6 Å². The smallest absolute Gasteiger partial charge is 0.141 e. The number of hydrogen-bond donors (Lipinski definition) is 2. The first-order chi connectivity index (χ1) is 19.0. The van der Waals surface area contributed by atoms with Crippen LogP contribution in [0.3, 0.4) is 0 Å². The lowest BCUT2D eigenvalue weighted by atomic mass is 9.76. The molecular formula is C34H44ClI2N3. The Morgan fingerprint density at radius 3 is 1.75 bits per heavy atom. The van der Waals surface area contributed by atoms with Gasteiger partial charge in [-0.15, -0.1) is 12.4 Å². The van der Waals surface area contributed by atoms with Gasteiger partial charge in [0.2, 0.25) is 0 Å². The molecule has 1 aromatic heterocycles. The second-order valence-electron chi connectivity index (χ2n) is 11.1. The molecule has 40 heavy (non-hydrogen) atoms. The summed E-state index contributed by atoms with van der Waals surface area (Å²) in [6.07, 6.45) is 21.5. The number of halogens is 3. The molecule has 3 aromatic rings. The van der Waals surface area contributed by atoms with Gasteiger partial charge in [-0.1, -0.05) is 97.5 Å². The molecule has 2 aromatic carbocycles. The number of nitrogens with zero attached hydrogens (tertiary/aromatic N) is 1. The van der Waals surface area contributed by atoms with Gasteiger partial charge in [0.15, 0.2) is 0 Å². The second kappa shape index (κ2) is 17.7. The van der Waals surface area contributed by atoms with E-state index in [0.29, 0.717) is 5.69 Å². The summed E-state index contributed by atoms with van der Waals surface area (Å²) in [5, 5.41) is 6.95. The van der Waals surface area contributed by atoms with E-state index in [0.717, 1.165) is 9.84 Å². The summed E-state index contributed by atoms with van der Waals surface area (Å²) in [7, 11) is 0. The van der Waals surface area contributed by atoms with Crippen molar-refractivity contribution in [3.63, 3.8) is 0 Å². The number of nitrogens with two attached hydrogens (primary N) is 1. The van der Waals surface area contributed by atoms with Crippen molar-refractivity contribution >= 4 is 63.4 Å². The van der Waals surface area contributed by atoms with Crippen LogP contribution in [0.4, 0.5) is 0 Å². The molecule has 4 aliphatic rings. The van der Waals surface area contributed by atoms with Gasteiger partial charge in [0.1, 0.15) is 11.5 Å². The highest BCUT2D eigenvalue weighted by Gasteiger charge is 2.23. The van der Waals surface area contributed by atoms with Gasteiger partial charge in [0.25, 0.3) is 0 Å². The minimum atomic E-state index is 0. The number of aromatic nitrogens is 1. The zero-order valence-corrected chi connectivity index (χ0v) is 28.6. The van der Waals surface area contributed by atoms with Crippen LogP contribution in [0.5, 0.6) is 0 Å². The fraction of sp³-hybridized carbons (Fsp3) is 0.471. The zero-order valence-electron chi connectivity index (χ0n) is 23.5. The van der Waals surface area contributed by atoms with Gasteiger partial charge >= 0.3 is 0 Å². The van der Waals surface area contributed by atoms with E-state index in [9.17, 15) is 0 Å². The number of hydrogen-bond acceptors (Lipinski definition) is 2. The molecule has 6 heteroatoms. The summed E-state index contributed by atoms with van der Waals surface area (Å²) < 4.78 is 2.45. The highest BCUT2D eigenvalue weighted by molar-refractivity contribution is 14.1. The number of nitrogens with one attached hydrogen (secondary N) is 1. The number of aryl methyl sites for hydroxylation is 2. The molecule has 0 radical (unpaired) electrons. The fourth-order valence-corrected chi connectivity index (χ4v) is 7.55. The number of rotatable bonds is 2. The van der Waals surface area contributed by atoms with Crippen LogP contribution in [-0.2, 0) is 25.7 Å². The topological polar surface area (TPSA) is 62.8 Å². The van der Waals surface area contributed by atoms with E-state index in [1.165, 1.54) is 93.5 Å². The van der Waals surface area contributed by atoms with Gasteiger partial charge in [-0.3, -0.25) is 10.4 Å². The van der Waals surface area contributed by atoms with Crippen LogP contribution < -0.4 is 5.73 Å². The molecule has 2 fully saturated rings. The largest absolute Gasteiger partial charge is 0.382 e. The second-order valence-corrected chi connectivity index (χ2v) is 14.0. The summed E-state index contributed by atoms with van der Waals surface area (Å²) in [5.41, 5.74) is 13.8. The third-order valence-electron chi connectivity index (χ3n) is 8.33. The molecule has 0 aliphatic heterocycles. The van der Waals surface area contributed by atoms with E-state index in [2.05, 4.69) is 86.6 Å². The minimum Gasteiger partial charge on any atom is -0.382 e. The van der Waals surface area contributed by atoms with Gasteiger partial charge in [0, 0.05) is 13.7 Å². The monoisotopic (exact) mass is 783 g/mol. The van der Waals surface area contributed by atoms with Crippen molar-refractivity contribution < 1.29 is 0 Å². The maximum absolute atomic E-state index is 6.95. The van der Waals surface area contributed by atoms with Gasteiger partial charge < -0.3 is 5.73 Å². The first kappa shape index (κ1) is 33.3. The number of fused-ring (bicyclic) bond motifs is 2. The predicted molar refractivity (Wildman–Crippen MR) is 190 cm³/mol. The van der Waals surface area contributed by atoms with Crippen LogP contribution in [0.2, 0.25) is 0 Å². The molecule has 0 atom stereocenters. The molecule has 0 bridgehead atoms. The third kappa shape index (κ3) is 9.97. The SMILES string of the molecule is Cl.IC1CCCCC1.Ic1cccc2c1CC2.N=C(N)c1ccccn1.c1cc2c(c(C3CCCCC3)c1)CC2. The molecule has 0 spiro atoms. The lowest BCUT2D eigenvalue weighted by Crippen LogP contribution is -2.15. The van der Waals surface area contributed by atoms with Crippen molar-refractivity contribution in [2.75, 3.05) is 0 Å². The summed E-state index contributed by atoms with van der Waals surface area (Å²) in [6.45, 7) is 0. The average Bonchev–Trinajstić information content (AvgIpc) is 2.93. The minimum absolute atomic E-state index is 0. The maximum Gasteiger partial charge on any atom is 0.141 e. The van der Waals surface area contributed by atoms with E-state index in [-0.39, 0.29) is 18.2 Å². The summed E-state index contributed by atoms with van der Waals surface area (Å²) in [6, 6.07) is 18.8. The Morgan fingerprint density at radius 1 is 0.725 bits per heavy atom. The molecule has 3 N–H and O–H groups in total. The Labute approximate surface area is 275 Å². The molecule has 3 nitrogen and oxygen atoms in total. The molecule has 0 amide bonds. The molecule has 7 rings (SSSR count). The van der Waals surface area contributed by atoms with Crippen molar-refractivity contribution in [1.82, 2.24) is 4.98 Å². The van der Waals surface area contributed by atoms with E-state index >= 15 is 0 Å². The third-order valence-corrected chi connectivity index (χ3v) is 10.6.